The number of benzene rings is 1. The highest BCUT2D eigenvalue weighted by Crippen LogP contribution is 2.28. The Morgan fingerprint density at radius 3 is 2.71 bits per heavy atom. The predicted octanol–water partition coefficient (Wildman–Crippen LogP) is 2.50. The lowest BCUT2D eigenvalue weighted by Gasteiger charge is -2.02. The molecule has 0 saturated carbocycles. The molecule has 0 fully saturated rings. The molecule has 2 rings (SSSR count). The highest BCUT2D eigenvalue weighted by atomic mass is 79.9. The maximum Gasteiger partial charge on any atom is 0.300 e. The third kappa shape index (κ3) is 3.24. The van der Waals surface area contributed by atoms with E-state index in [4.69, 9.17) is 4.74 Å². The van der Waals surface area contributed by atoms with E-state index in [0.717, 1.165) is 6.26 Å². The van der Waals surface area contributed by atoms with Gasteiger partial charge < -0.3 is 4.74 Å². The standard InChI is InChI=1S/C9H7BrN2O3S2/c1-17(13,14)7-4-2-3-6(5-7)15-9-12-11-8(10)16-9/h2-5H,1H3. The van der Waals surface area contributed by atoms with E-state index >= 15 is 0 Å². The lowest BCUT2D eigenvalue weighted by molar-refractivity contribution is 0.471. The first-order chi connectivity index (χ1) is 7.95. The smallest absolute Gasteiger partial charge is 0.300 e. The summed E-state index contributed by atoms with van der Waals surface area (Å²) in [5.41, 5.74) is 0. The molecule has 0 aliphatic rings. The number of halogens is 1. The van der Waals surface area contributed by atoms with Crippen LogP contribution in [0.2, 0.25) is 0 Å². The number of hydrogen-bond donors (Lipinski definition) is 0. The van der Waals surface area contributed by atoms with Crippen LogP contribution >= 0.6 is 27.3 Å². The molecule has 0 aliphatic carbocycles. The van der Waals surface area contributed by atoms with E-state index in [1.807, 2.05) is 0 Å². The normalized spacial score (nSPS) is 11.4. The minimum absolute atomic E-state index is 0.207. The number of hydrogen-bond acceptors (Lipinski definition) is 6. The molecule has 0 spiro atoms. The van der Waals surface area contributed by atoms with Crippen LogP contribution < -0.4 is 4.74 Å². The molecule has 5 nitrogen and oxygen atoms in total. The summed E-state index contributed by atoms with van der Waals surface area (Å²) in [7, 11) is -3.23. The zero-order valence-electron chi connectivity index (χ0n) is 8.62. The fourth-order valence-electron chi connectivity index (χ4n) is 1.10. The minimum Gasteiger partial charge on any atom is -0.430 e. The Morgan fingerprint density at radius 2 is 2.12 bits per heavy atom. The summed E-state index contributed by atoms with van der Waals surface area (Å²) in [4.78, 5) is 0.207. The number of ether oxygens (including phenoxy) is 1. The van der Waals surface area contributed by atoms with E-state index in [-0.39, 0.29) is 4.90 Å². The van der Waals surface area contributed by atoms with Crippen LogP contribution in [0.4, 0.5) is 0 Å². The van der Waals surface area contributed by atoms with Gasteiger partial charge in [-0.3, -0.25) is 0 Å². The molecule has 2 aromatic rings. The van der Waals surface area contributed by atoms with Crippen molar-refractivity contribution in [2.24, 2.45) is 0 Å². The molecule has 1 heterocycles. The van der Waals surface area contributed by atoms with Crippen LogP contribution in [0.25, 0.3) is 0 Å². The van der Waals surface area contributed by atoms with Crippen molar-refractivity contribution in [2.75, 3.05) is 6.26 Å². The summed E-state index contributed by atoms with van der Waals surface area (Å²) in [5, 5.41) is 7.83. The van der Waals surface area contributed by atoms with Crippen LogP contribution in [-0.4, -0.2) is 24.9 Å². The largest absolute Gasteiger partial charge is 0.430 e. The van der Waals surface area contributed by atoms with Gasteiger partial charge in [0.15, 0.2) is 13.8 Å². The second-order valence-electron chi connectivity index (χ2n) is 3.17. The molecule has 0 unspecified atom stereocenters. The zero-order valence-corrected chi connectivity index (χ0v) is 11.8. The second kappa shape index (κ2) is 4.71. The first kappa shape index (κ1) is 12.5. The van der Waals surface area contributed by atoms with Crippen LogP contribution in [0.5, 0.6) is 10.9 Å². The van der Waals surface area contributed by atoms with Crippen LogP contribution in [0.1, 0.15) is 0 Å². The fourth-order valence-corrected chi connectivity index (χ4v) is 2.70. The molecule has 8 heteroatoms. The SMILES string of the molecule is CS(=O)(=O)c1cccc(Oc2nnc(Br)s2)c1. The molecular formula is C9H7BrN2O3S2. The van der Waals surface area contributed by atoms with E-state index in [9.17, 15) is 8.42 Å². The highest BCUT2D eigenvalue weighted by molar-refractivity contribution is 9.11. The Labute approximate surface area is 111 Å². The zero-order chi connectivity index (χ0) is 12.5. The van der Waals surface area contributed by atoms with Crippen molar-refractivity contribution < 1.29 is 13.2 Å². The van der Waals surface area contributed by atoms with E-state index < -0.39 is 9.84 Å². The molecule has 1 aromatic heterocycles. The van der Waals surface area contributed by atoms with Gasteiger partial charge in [-0.15, -0.1) is 5.10 Å². The number of sulfone groups is 1. The van der Waals surface area contributed by atoms with E-state index in [1.54, 1.807) is 12.1 Å². The molecule has 17 heavy (non-hydrogen) atoms. The Kier molecular flexibility index (Phi) is 3.45. The Balaban J connectivity index is 2.28. The molecule has 0 amide bonds. The first-order valence-corrected chi connectivity index (χ1v) is 7.92. The number of rotatable bonds is 3. The molecule has 90 valence electrons. The maximum absolute atomic E-state index is 11.4. The van der Waals surface area contributed by atoms with Crippen molar-refractivity contribution in [3.05, 3.63) is 28.2 Å². The topological polar surface area (TPSA) is 69.2 Å². The molecule has 1 aromatic carbocycles. The van der Waals surface area contributed by atoms with Gasteiger partial charge in [-0.25, -0.2) is 8.42 Å². The summed E-state index contributed by atoms with van der Waals surface area (Å²) in [6, 6.07) is 6.23. The van der Waals surface area contributed by atoms with Crippen LogP contribution in [0.15, 0.2) is 33.1 Å². The van der Waals surface area contributed by atoms with Gasteiger partial charge in [0, 0.05) is 6.26 Å². The first-order valence-electron chi connectivity index (χ1n) is 4.42. The summed E-state index contributed by atoms with van der Waals surface area (Å²) < 4.78 is 28.7. The van der Waals surface area contributed by atoms with Crippen molar-refractivity contribution in [1.82, 2.24) is 10.2 Å². The van der Waals surface area contributed by atoms with E-state index in [0.29, 0.717) is 14.9 Å². The van der Waals surface area contributed by atoms with Gasteiger partial charge in [0.1, 0.15) is 5.75 Å². The third-order valence-electron chi connectivity index (χ3n) is 1.82. The van der Waals surface area contributed by atoms with E-state index in [1.165, 1.54) is 23.5 Å². The van der Waals surface area contributed by atoms with Crippen molar-refractivity contribution in [3.63, 3.8) is 0 Å². The van der Waals surface area contributed by atoms with Crippen molar-refractivity contribution in [1.29, 1.82) is 0 Å². The van der Waals surface area contributed by atoms with Crippen LogP contribution in [0.3, 0.4) is 0 Å². The Morgan fingerprint density at radius 1 is 1.35 bits per heavy atom. The Hall–Kier alpha value is -0.990. The van der Waals surface area contributed by atoms with Crippen molar-refractivity contribution in [2.45, 2.75) is 4.90 Å². The summed E-state index contributed by atoms with van der Waals surface area (Å²) >= 11 is 4.38. The molecule has 0 saturated heterocycles. The van der Waals surface area contributed by atoms with Crippen molar-refractivity contribution in [3.8, 4) is 10.9 Å². The van der Waals surface area contributed by atoms with Gasteiger partial charge in [-0.1, -0.05) is 11.2 Å². The number of aromatic nitrogens is 2. The molecular weight excluding hydrogens is 328 g/mol. The average Bonchev–Trinajstić information content (AvgIpc) is 2.63. The Bertz CT molecular complexity index is 639. The molecule has 0 N–H and O–H groups in total. The highest BCUT2D eigenvalue weighted by Gasteiger charge is 2.09. The summed E-state index contributed by atoms with van der Waals surface area (Å²) in [5.74, 6) is 0.413. The maximum atomic E-state index is 11.4. The lowest BCUT2D eigenvalue weighted by atomic mass is 10.3. The average molecular weight is 335 g/mol. The minimum atomic E-state index is -3.23. The van der Waals surface area contributed by atoms with Gasteiger partial charge in [0.25, 0.3) is 5.19 Å². The van der Waals surface area contributed by atoms with Gasteiger partial charge in [-0.2, -0.15) is 0 Å². The predicted molar refractivity (Wildman–Crippen MR) is 67.2 cm³/mol. The van der Waals surface area contributed by atoms with Crippen molar-refractivity contribution >= 4 is 37.1 Å². The van der Waals surface area contributed by atoms with Gasteiger partial charge in [0.05, 0.1) is 4.90 Å². The fraction of sp³-hybridized carbons (Fsp3) is 0.111. The second-order valence-corrected chi connectivity index (χ2v) is 7.40. The monoisotopic (exact) mass is 334 g/mol. The quantitative estimate of drug-likeness (QED) is 0.862. The lowest BCUT2D eigenvalue weighted by Crippen LogP contribution is -1.96. The summed E-state index contributed by atoms with van der Waals surface area (Å²) in [6.07, 6.45) is 1.15. The molecule has 0 aliphatic heterocycles. The molecule has 0 radical (unpaired) electrons. The number of nitrogens with zero attached hydrogens (tertiary/aromatic N) is 2. The molecule has 0 bridgehead atoms. The van der Waals surface area contributed by atoms with Crippen LogP contribution in [0, 0.1) is 0 Å². The van der Waals surface area contributed by atoms with Gasteiger partial charge in [0.2, 0.25) is 0 Å². The van der Waals surface area contributed by atoms with Gasteiger partial charge >= 0.3 is 0 Å². The van der Waals surface area contributed by atoms with Gasteiger partial charge in [-0.05, 0) is 45.5 Å². The van der Waals surface area contributed by atoms with Crippen LogP contribution in [-0.2, 0) is 9.84 Å². The third-order valence-corrected chi connectivity index (χ3v) is 4.16. The summed E-state index contributed by atoms with van der Waals surface area (Å²) in [6.45, 7) is 0. The van der Waals surface area contributed by atoms with E-state index in [2.05, 4.69) is 26.1 Å². The molecule has 0 atom stereocenters.